The fourth-order valence-electron chi connectivity index (χ4n) is 2.47. The van der Waals surface area contributed by atoms with Gasteiger partial charge in [-0.05, 0) is 32.9 Å². The first-order valence-electron chi connectivity index (χ1n) is 5.98. The molecule has 0 bridgehead atoms. The van der Waals surface area contributed by atoms with E-state index in [0.717, 1.165) is 25.8 Å². The van der Waals surface area contributed by atoms with Crippen molar-refractivity contribution in [1.29, 1.82) is 0 Å². The van der Waals surface area contributed by atoms with Crippen molar-refractivity contribution < 1.29 is 13.2 Å². The summed E-state index contributed by atoms with van der Waals surface area (Å²) < 4.78 is 37.2. The Balaban J connectivity index is 2.56. The van der Waals surface area contributed by atoms with E-state index in [1.165, 1.54) is 0 Å². The molecule has 0 radical (unpaired) electrons. The fraction of sp³-hybridized carbons (Fsp3) is 1.00. The Bertz CT molecular complexity index is 206. The molecule has 1 saturated heterocycles. The van der Waals surface area contributed by atoms with Crippen LogP contribution in [0.3, 0.4) is 0 Å². The van der Waals surface area contributed by atoms with E-state index in [9.17, 15) is 13.2 Å². The minimum Gasteiger partial charge on any atom is -0.313 e. The van der Waals surface area contributed by atoms with Gasteiger partial charge in [-0.15, -0.1) is 0 Å². The summed E-state index contributed by atoms with van der Waals surface area (Å²) in [6.07, 6.45) is -1.30. The molecule has 0 aliphatic carbocycles. The van der Waals surface area contributed by atoms with E-state index in [1.807, 2.05) is 13.8 Å². The van der Waals surface area contributed by atoms with Crippen molar-refractivity contribution in [2.45, 2.75) is 51.4 Å². The maximum Gasteiger partial charge on any atom is 0.401 e. The van der Waals surface area contributed by atoms with E-state index in [4.69, 9.17) is 0 Å². The Labute approximate surface area is 95.2 Å². The zero-order valence-electron chi connectivity index (χ0n) is 9.98. The topological polar surface area (TPSA) is 15.3 Å². The first-order valence-corrected chi connectivity index (χ1v) is 5.98. The highest BCUT2D eigenvalue weighted by Crippen LogP contribution is 2.25. The number of hydrogen-bond donors (Lipinski definition) is 1. The van der Waals surface area contributed by atoms with Crippen molar-refractivity contribution in [3.8, 4) is 0 Å². The molecule has 0 aromatic carbocycles. The largest absolute Gasteiger partial charge is 0.401 e. The van der Waals surface area contributed by atoms with Gasteiger partial charge in [0.25, 0.3) is 0 Å². The molecule has 0 spiro atoms. The van der Waals surface area contributed by atoms with Gasteiger partial charge in [-0.3, -0.25) is 4.90 Å². The monoisotopic (exact) mass is 238 g/mol. The van der Waals surface area contributed by atoms with Crippen molar-refractivity contribution in [2.75, 3.05) is 19.6 Å². The van der Waals surface area contributed by atoms with Crippen LogP contribution in [0.4, 0.5) is 13.2 Å². The third-order valence-corrected chi connectivity index (χ3v) is 3.15. The lowest BCUT2D eigenvalue weighted by Crippen LogP contribution is -2.53. The molecule has 1 aliphatic heterocycles. The standard InChI is InChI=1S/C11H21F3N2/c1-3-15-9(2)10-6-4-5-7-16(10)8-11(12,13)14/h9-10,15H,3-8H2,1-2H3. The summed E-state index contributed by atoms with van der Waals surface area (Å²) in [5.74, 6) is 0. The second kappa shape index (κ2) is 5.87. The predicted octanol–water partition coefficient (Wildman–Crippen LogP) is 2.40. The van der Waals surface area contributed by atoms with E-state index < -0.39 is 12.7 Å². The van der Waals surface area contributed by atoms with Crippen LogP contribution in [-0.2, 0) is 0 Å². The Morgan fingerprint density at radius 1 is 1.38 bits per heavy atom. The summed E-state index contributed by atoms with van der Waals surface area (Å²) in [6.45, 7) is 4.56. The zero-order chi connectivity index (χ0) is 12.2. The minimum absolute atomic E-state index is 0.0234. The van der Waals surface area contributed by atoms with E-state index in [1.54, 1.807) is 4.90 Å². The third-order valence-electron chi connectivity index (χ3n) is 3.15. The molecule has 2 unspecified atom stereocenters. The third kappa shape index (κ3) is 4.29. The van der Waals surface area contributed by atoms with Gasteiger partial charge in [-0.25, -0.2) is 0 Å². The number of piperidine rings is 1. The molecule has 0 saturated carbocycles. The first kappa shape index (κ1) is 13.8. The minimum atomic E-state index is -4.08. The predicted molar refractivity (Wildman–Crippen MR) is 58.4 cm³/mol. The van der Waals surface area contributed by atoms with E-state index >= 15 is 0 Å². The maximum absolute atomic E-state index is 12.4. The number of hydrogen-bond acceptors (Lipinski definition) is 2. The highest BCUT2D eigenvalue weighted by atomic mass is 19.4. The Morgan fingerprint density at radius 2 is 2.06 bits per heavy atom. The molecule has 2 atom stereocenters. The van der Waals surface area contributed by atoms with Gasteiger partial charge in [-0.1, -0.05) is 13.3 Å². The lowest BCUT2D eigenvalue weighted by atomic mass is 9.96. The first-order chi connectivity index (χ1) is 7.44. The normalized spacial score (nSPS) is 25.7. The Morgan fingerprint density at radius 3 is 2.62 bits per heavy atom. The van der Waals surface area contributed by atoms with Crippen LogP contribution < -0.4 is 5.32 Å². The number of nitrogens with zero attached hydrogens (tertiary/aromatic N) is 1. The molecule has 16 heavy (non-hydrogen) atoms. The van der Waals surface area contributed by atoms with Gasteiger partial charge in [0.05, 0.1) is 6.54 Å². The summed E-state index contributed by atoms with van der Waals surface area (Å²) in [4.78, 5) is 1.58. The van der Waals surface area contributed by atoms with E-state index in [0.29, 0.717) is 6.54 Å². The number of likely N-dealkylation sites (tertiary alicyclic amines) is 1. The molecule has 1 fully saturated rings. The van der Waals surface area contributed by atoms with Crippen LogP contribution in [0.25, 0.3) is 0 Å². The van der Waals surface area contributed by atoms with Crippen LogP contribution >= 0.6 is 0 Å². The van der Waals surface area contributed by atoms with Gasteiger partial charge in [0, 0.05) is 12.1 Å². The van der Waals surface area contributed by atoms with Gasteiger partial charge < -0.3 is 5.32 Å². The van der Waals surface area contributed by atoms with Crippen molar-refractivity contribution in [3.63, 3.8) is 0 Å². The molecule has 96 valence electrons. The molecule has 2 nitrogen and oxygen atoms in total. The molecular formula is C11H21F3N2. The molecule has 1 aliphatic rings. The van der Waals surface area contributed by atoms with Crippen molar-refractivity contribution in [1.82, 2.24) is 10.2 Å². The van der Waals surface area contributed by atoms with Crippen LogP contribution in [0.2, 0.25) is 0 Å². The highest BCUT2D eigenvalue weighted by molar-refractivity contribution is 4.85. The van der Waals surface area contributed by atoms with Gasteiger partial charge >= 0.3 is 6.18 Å². The number of alkyl halides is 3. The Kier molecular flexibility index (Phi) is 5.05. The summed E-state index contributed by atoms with van der Waals surface area (Å²) in [6, 6.07) is 0.156. The number of halogens is 3. The van der Waals surface area contributed by atoms with E-state index in [-0.39, 0.29) is 12.1 Å². The molecule has 0 aromatic heterocycles. The van der Waals surface area contributed by atoms with Gasteiger partial charge in [-0.2, -0.15) is 13.2 Å². The second-order valence-corrected chi connectivity index (χ2v) is 4.50. The second-order valence-electron chi connectivity index (χ2n) is 4.50. The number of likely N-dealkylation sites (N-methyl/N-ethyl adjacent to an activating group) is 1. The zero-order valence-corrected chi connectivity index (χ0v) is 9.98. The molecule has 1 rings (SSSR count). The maximum atomic E-state index is 12.4. The highest BCUT2D eigenvalue weighted by Gasteiger charge is 2.36. The van der Waals surface area contributed by atoms with Crippen LogP contribution in [0.5, 0.6) is 0 Å². The van der Waals surface area contributed by atoms with Crippen LogP contribution in [0.15, 0.2) is 0 Å². The van der Waals surface area contributed by atoms with Crippen LogP contribution in [-0.4, -0.2) is 42.8 Å². The van der Waals surface area contributed by atoms with Crippen molar-refractivity contribution >= 4 is 0 Å². The smallest absolute Gasteiger partial charge is 0.313 e. The lowest BCUT2D eigenvalue weighted by molar-refractivity contribution is -0.154. The molecular weight excluding hydrogens is 217 g/mol. The van der Waals surface area contributed by atoms with Crippen molar-refractivity contribution in [2.24, 2.45) is 0 Å². The summed E-state index contributed by atoms with van der Waals surface area (Å²) in [5.41, 5.74) is 0. The average molecular weight is 238 g/mol. The van der Waals surface area contributed by atoms with Gasteiger partial charge in [0.15, 0.2) is 0 Å². The molecule has 0 amide bonds. The summed E-state index contributed by atoms with van der Waals surface area (Å²) in [5, 5.41) is 3.22. The van der Waals surface area contributed by atoms with Crippen molar-refractivity contribution in [3.05, 3.63) is 0 Å². The van der Waals surface area contributed by atoms with Gasteiger partial charge in [0.1, 0.15) is 0 Å². The van der Waals surface area contributed by atoms with Crippen LogP contribution in [0.1, 0.15) is 33.1 Å². The summed E-state index contributed by atoms with van der Waals surface area (Å²) in [7, 11) is 0. The SMILES string of the molecule is CCNC(C)C1CCCCN1CC(F)(F)F. The molecule has 1 heterocycles. The molecule has 1 N–H and O–H groups in total. The molecule has 0 aromatic rings. The molecule has 5 heteroatoms. The lowest BCUT2D eigenvalue weighted by Gasteiger charge is -2.39. The van der Waals surface area contributed by atoms with Crippen LogP contribution in [0, 0.1) is 0 Å². The average Bonchev–Trinajstić information content (AvgIpc) is 2.16. The summed E-state index contributed by atoms with van der Waals surface area (Å²) >= 11 is 0. The number of nitrogens with one attached hydrogen (secondary N) is 1. The quantitative estimate of drug-likeness (QED) is 0.809. The van der Waals surface area contributed by atoms with Gasteiger partial charge in [0.2, 0.25) is 0 Å². The Hall–Kier alpha value is -0.290. The fourth-order valence-corrected chi connectivity index (χ4v) is 2.47. The van der Waals surface area contributed by atoms with E-state index in [2.05, 4.69) is 5.32 Å². The number of rotatable bonds is 4.